The third-order valence-corrected chi connectivity index (χ3v) is 2.72. The molecular weight excluding hydrogens is 264 g/mol. The quantitative estimate of drug-likeness (QED) is 0.621. The predicted octanol–water partition coefficient (Wildman–Crippen LogP) is 0.790. The van der Waals surface area contributed by atoms with Crippen LogP contribution in [-0.2, 0) is 14.3 Å². The number of urea groups is 1. The number of amides is 2. The monoisotopic (exact) mass is 290 g/mol. The van der Waals surface area contributed by atoms with E-state index in [9.17, 15) is 9.59 Å². The summed E-state index contributed by atoms with van der Waals surface area (Å²) < 4.78 is 9.88. The lowest BCUT2D eigenvalue weighted by molar-refractivity contribution is -0.139. The van der Waals surface area contributed by atoms with Gasteiger partial charge >= 0.3 is 12.0 Å². The van der Waals surface area contributed by atoms with E-state index in [4.69, 9.17) is 14.6 Å². The maximum Gasteiger partial charge on any atom is 0.326 e. The molecule has 7 heteroatoms. The fourth-order valence-electron chi connectivity index (χ4n) is 1.65. The number of hydrogen-bond acceptors (Lipinski definition) is 4. The second-order valence-corrected chi connectivity index (χ2v) is 4.94. The lowest BCUT2D eigenvalue weighted by atomic mass is 10.0. The third-order valence-electron chi connectivity index (χ3n) is 2.72. The molecule has 0 saturated heterocycles. The Bertz CT molecular complexity index is 288. The summed E-state index contributed by atoms with van der Waals surface area (Å²) in [5.41, 5.74) is 0. The van der Waals surface area contributed by atoms with Gasteiger partial charge in [0.1, 0.15) is 6.04 Å². The number of rotatable bonds is 10. The first-order valence-electron chi connectivity index (χ1n) is 6.68. The van der Waals surface area contributed by atoms with Gasteiger partial charge in [0, 0.05) is 27.3 Å². The highest BCUT2D eigenvalue weighted by Gasteiger charge is 2.23. The summed E-state index contributed by atoms with van der Waals surface area (Å²) in [7, 11) is 3.09. The molecule has 0 saturated carbocycles. The summed E-state index contributed by atoms with van der Waals surface area (Å²) in [6, 6.07) is -1.29. The number of ether oxygens (including phenoxy) is 2. The minimum atomic E-state index is -1.02. The lowest BCUT2D eigenvalue weighted by Crippen LogP contribution is -2.50. The summed E-state index contributed by atoms with van der Waals surface area (Å²) in [6.45, 7) is 5.38. The van der Waals surface area contributed by atoms with Crippen LogP contribution in [0.15, 0.2) is 0 Å². The number of hydrogen-bond donors (Lipinski definition) is 2. The zero-order valence-electron chi connectivity index (χ0n) is 12.7. The molecule has 0 aromatic carbocycles. The molecule has 0 bridgehead atoms. The largest absolute Gasteiger partial charge is 0.480 e. The van der Waals surface area contributed by atoms with Crippen LogP contribution in [0.3, 0.4) is 0 Å². The Kier molecular flexibility index (Phi) is 9.75. The molecule has 0 unspecified atom stereocenters. The second-order valence-electron chi connectivity index (χ2n) is 4.94. The standard InChI is InChI=1S/C13H26N2O5/c1-10(2)9-11(12(16)17)14-13(18)15(5-7-19-3)6-8-20-4/h10-11H,5-9H2,1-4H3,(H,14,18)(H,16,17)/t11-/m0/s1. The number of nitrogens with zero attached hydrogens (tertiary/aromatic N) is 1. The van der Waals surface area contributed by atoms with Crippen LogP contribution in [0.1, 0.15) is 20.3 Å². The van der Waals surface area contributed by atoms with Crippen LogP contribution in [0.5, 0.6) is 0 Å². The molecule has 0 aliphatic carbocycles. The zero-order valence-corrected chi connectivity index (χ0v) is 12.7. The zero-order chi connectivity index (χ0) is 15.5. The Labute approximate surface area is 120 Å². The van der Waals surface area contributed by atoms with E-state index in [-0.39, 0.29) is 5.92 Å². The number of methoxy groups -OCH3 is 2. The molecule has 0 aromatic heterocycles. The molecule has 7 nitrogen and oxygen atoms in total. The molecule has 0 heterocycles. The van der Waals surface area contributed by atoms with Gasteiger partial charge < -0.3 is 24.8 Å². The molecule has 0 aromatic rings. The summed E-state index contributed by atoms with van der Waals surface area (Å²) in [4.78, 5) is 24.7. The first-order valence-corrected chi connectivity index (χ1v) is 6.68. The van der Waals surface area contributed by atoms with Crippen LogP contribution in [0, 0.1) is 5.92 Å². The molecule has 0 rings (SSSR count). The van der Waals surface area contributed by atoms with Crippen molar-refractivity contribution in [3.05, 3.63) is 0 Å². The van der Waals surface area contributed by atoms with Crippen molar-refractivity contribution in [3.8, 4) is 0 Å². The highest BCUT2D eigenvalue weighted by atomic mass is 16.5. The molecule has 0 aliphatic rings. The maximum atomic E-state index is 12.1. The third kappa shape index (κ3) is 7.96. The molecule has 0 radical (unpaired) electrons. The van der Waals surface area contributed by atoms with Crippen molar-refractivity contribution in [1.29, 1.82) is 0 Å². The molecule has 20 heavy (non-hydrogen) atoms. The summed E-state index contributed by atoms with van der Waals surface area (Å²) in [5, 5.41) is 11.7. The van der Waals surface area contributed by atoms with Crippen LogP contribution in [-0.4, -0.2) is 68.6 Å². The normalized spacial score (nSPS) is 12.2. The van der Waals surface area contributed by atoms with Gasteiger partial charge in [0.25, 0.3) is 0 Å². The SMILES string of the molecule is COCCN(CCOC)C(=O)N[C@@H](CC(C)C)C(=O)O. The highest BCUT2D eigenvalue weighted by Crippen LogP contribution is 2.05. The van der Waals surface area contributed by atoms with Crippen molar-refractivity contribution in [3.63, 3.8) is 0 Å². The Hall–Kier alpha value is -1.34. The molecule has 2 amide bonds. The van der Waals surface area contributed by atoms with E-state index in [0.29, 0.717) is 32.7 Å². The molecule has 0 aliphatic heterocycles. The fourth-order valence-corrected chi connectivity index (χ4v) is 1.65. The Morgan fingerprint density at radius 2 is 1.65 bits per heavy atom. The van der Waals surface area contributed by atoms with Crippen molar-refractivity contribution < 1.29 is 24.2 Å². The van der Waals surface area contributed by atoms with Gasteiger partial charge in [0.05, 0.1) is 13.2 Å². The van der Waals surface area contributed by atoms with Crippen LogP contribution >= 0.6 is 0 Å². The van der Waals surface area contributed by atoms with Gasteiger partial charge in [0.15, 0.2) is 0 Å². The maximum absolute atomic E-state index is 12.1. The summed E-state index contributed by atoms with van der Waals surface area (Å²) in [6.07, 6.45) is 0.392. The average Bonchev–Trinajstić information content (AvgIpc) is 2.37. The topological polar surface area (TPSA) is 88.1 Å². The summed E-state index contributed by atoms with van der Waals surface area (Å²) >= 11 is 0. The Morgan fingerprint density at radius 1 is 1.15 bits per heavy atom. The van der Waals surface area contributed by atoms with Gasteiger partial charge in [-0.25, -0.2) is 9.59 Å². The van der Waals surface area contributed by atoms with E-state index in [1.807, 2.05) is 13.8 Å². The van der Waals surface area contributed by atoms with Gasteiger partial charge in [-0.1, -0.05) is 13.8 Å². The molecule has 0 fully saturated rings. The number of aliphatic carboxylic acids is 1. The smallest absolute Gasteiger partial charge is 0.326 e. The van der Waals surface area contributed by atoms with Crippen molar-refractivity contribution in [1.82, 2.24) is 10.2 Å². The number of nitrogens with one attached hydrogen (secondary N) is 1. The summed E-state index contributed by atoms with van der Waals surface area (Å²) in [5.74, 6) is -0.840. The van der Waals surface area contributed by atoms with Gasteiger partial charge in [-0.15, -0.1) is 0 Å². The lowest BCUT2D eigenvalue weighted by Gasteiger charge is -2.25. The predicted molar refractivity (Wildman–Crippen MR) is 74.7 cm³/mol. The Balaban J connectivity index is 4.55. The van der Waals surface area contributed by atoms with E-state index < -0.39 is 18.0 Å². The second kappa shape index (κ2) is 10.4. The molecule has 1 atom stereocenters. The fraction of sp³-hybridized carbons (Fsp3) is 0.846. The number of carbonyl (C=O) groups is 2. The average molecular weight is 290 g/mol. The van der Waals surface area contributed by atoms with Crippen molar-refractivity contribution >= 4 is 12.0 Å². The number of carbonyl (C=O) groups excluding carboxylic acids is 1. The minimum Gasteiger partial charge on any atom is -0.480 e. The molecule has 0 spiro atoms. The number of carboxylic acid groups (broad SMARTS) is 1. The van der Waals surface area contributed by atoms with E-state index >= 15 is 0 Å². The minimum absolute atomic E-state index is 0.183. The van der Waals surface area contributed by atoms with Crippen LogP contribution in [0.25, 0.3) is 0 Å². The van der Waals surface area contributed by atoms with Crippen LogP contribution < -0.4 is 5.32 Å². The molecule has 118 valence electrons. The van der Waals surface area contributed by atoms with Gasteiger partial charge in [-0.05, 0) is 12.3 Å². The first-order chi connectivity index (χ1) is 9.42. The Morgan fingerprint density at radius 3 is 2.00 bits per heavy atom. The van der Waals surface area contributed by atoms with Crippen molar-refractivity contribution in [2.24, 2.45) is 5.92 Å². The van der Waals surface area contributed by atoms with Crippen LogP contribution in [0.2, 0.25) is 0 Å². The number of carboxylic acids is 1. The molecule has 2 N–H and O–H groups in total. The first kappa shape index (κ1) is 18.7. The van der Waals surface area contributed by atoms with Gasteiger partial charge in [-0.2, -0.15) is 0 Å². The van der Waals surface area contributed by atoms with Crippen LogP contribution in [0.4, 0.5) is 4.79 Å². The van der Waals surface area contributed by atoms with Gasteiger partial charge in [-0.3, -0.25) is 0 Å². The molecular formula is C13H26N2O5. The van der Waals surface area contributed by atoms with Crippen molar-refractivity contribution in [2.75, 3.05) is 40.5 Å². The van der Waals surface area contributed by atoms with E-state index in [1.54, 1.807) is 14.2 Å². The van der Waals surface area contributed by atoms with E-state index in [2.05, 4.69) is 5.32 Å². The van der Waals surface area contributed by atoms with E-state index in [1.165, 1.54) is 4.90 Å². The van der Waals surface area contributed by atoms with Gasteiger partial charge in [0.2, 0.25) is 0 Å². The van der Waals surface area contributed by atoms with Crippen molar-refractivity contribution in [2.45, 2.75) is 26.3 Å². The highest BCUT2D eigenvalue weighted by molar-refractivity contribution is 5.82. The van der Waals surface area contributed by atoms with E-state index in [0.717, 1.165) is 0 Å².